The Hall–Kier alpha value is -3.34. The van der Waals surface area contributed by atoms with Gasteiger partial charge in [0.2, 0.25) is 5.88 Å². The van der Waals surface area contributed by atoms with Crippen molar-refractivity contribution in [2.24, 2.45) is 0 Å². The minimum atomic E-state index is -0.591. The van der Waals surface area contributed by atoms with Gasteiger partial charge in [-0.2, -0.15) is 5.26 Å². The Morgan fingerprint density at radius 2 is 2.10 bits per heavy atom. The molecule has 1 aromatic carbocycles. The van der Waals surface area contributed by atoms with E-state index in [2.05, 4.69) is 11.9 Å². The van der Waals surface area contributed by atoms with Crippen molar-refractivity contribution >= 4 is 6.09 Å². The quantitative estimate of drug-likeness (QED) is 0.579. The van der Waals surface area contributed by atoms with Gasteiger partial charge in [0, 0.05) is 32.0 Å². The highest BCUT2D eigenvalue weighted by Gasteiger charge is 2.25. The number of amides is 1. The van der Waals surface area contributed by atoms with E-state index in [9.17, 15) is 9.18 Å². The van der Waals surface area contributed by atoms with Gasteiger partial charge in [-0.1, -0.05) is 19.4 Å². The second-order valence-corrected chi connectivity index (χ2v) is 7.29. The molecule has 2 heterocycles. The molecule has 8 heteroatoms. The third kappa shape index (κ3) is 6.57. The molecule has 3 rings (SSSR count). The van der Waals surface area contributed by atoms with Crippen LogP contribution in [0.5, 0.6) is 11.6 Å². The van der Waals surface area contributed by atoms with Gasteiger partial charge in [0.15, 0.2) is 11.6 Å². The number of halogens is 1. The van der Waals surface area contributed by atoms with E-state index < -0.39 is 5.82 Å². The second-order valence-electron chi connectivity index (χ2n) is 7.29. The van der Waals surface area contributed by atoms with Crippen molar-refractivity contribution in [3.05, 3.63) is 53.5 Å². The van der Waals surface area contributed by atoms with Gasteiger partial charge in [0.25, 0.3) is 0 Å². The van der Waals surface area contributed by atoms with Gasteiger partial charge in [0.05, 0.1) is 23.9 Å². The SMILES string of the molecule is CCCCOC(=O)N1CCC(Oc2cccc(COc3ccc(C#N)cc3F)n2)CC1. The smallest absolute Gasteiger partial charge is 0.409 e. The number of nitrogens with zero attached hydrogens (tertiary/aromatic N) is 3. The fraction of sp³-hybridized carbons (Fsp3) is 0.435. The lowest BCUT2D eigenvalue weighted by Gasteiger charge is -2.31. The molecule has 1 aliphatic heterocycles. The number of hydrogen-bond acceptors (Lipinski definition) is 6. The number of likely N-dealkylation sites (tertiary alicyclic amines) is 1. The lowest BCUT2D eigenvalue weighted by molar-refractivity contribution is 0.0655. The fourth-order valence-electron chi connectivity index (χ4n) is 3.16. The molecule has 7 nitrogen and oxygen atoms in total. The van der Waals surface area contributed by atoms with Gasteiger partial charge in [0.1, 0.15) is 12.7 Å². The van der Waals surface area contributed by atoms with Crippen LogP contribution in [-0.4, -0.2) is 41.8 Å². The lowest BCUT2D eigenvalue weighted by atomic mass is 10.1. The number of pyridine rings is 1. The first-order valence-electron chi connectivity index (χ1n) is 10.5. The topological polar surface area (TPSA) is 84.7 Å². The van der Waals surface area contributed by atoms with Crippen molar-refractivity contribution in [1.29, 1.82) is 5.26 Å². The predicted octanol–water partition coefficient (Wildman–Crippen LogP) is 4.45. The Morgan fingerprint density at radius 1 is 1.29 bits per heavy atom. The molecule has 0 bridgehead atoms. The van der Waals surface area contributed by atoms with Crippen LogP contribution >= 0.6 is 0 Å². The summed E-state index contributed by atoms with van der Waals surface area (Å²) in [5, 5.41) is 8.80. The number of benzene rings is 1. The molecular formula is C23H26FN3O4. The molecular weight excluding hydrogens is 401 g/mol. The maximum atomic E-state index is 13.9. The van der Waals surface area contributed by atoms with E-state index in [4.69, 9.17) is 19.5 Å². The third-order valence-electron chi connectivity index (χ3n) is 4.93. The largest absolute Gasteiger partial charge is 0.484 e. The molecule has 2 aromatic rings. The number of hydrogen-bond donors (Lipinski definition) is 0. The van der Waals surface area contributed by atoms with Gasteiger partial charge in [-0.15, -0.1) is 0 Å². The summed E-state index contributed by atoms with van der Waals surface area (Å²) in [5.41, 5.74) is 0.830. The van der Waals surface area contributed by atoms with Crippen LogP contribution in [-0.2, 0) is 11.3 Å². The Labute approximate surface area is 181 Å². The van der Waals surface area contributed by atoms with Crippen LogP contribution in [0.2, 0.25) is 0 Å². The Bertz CT molecular complexity index is 923. The van der Waals surface area contributed by atoms with Crippen LogP contribution in [0.4, 0.5) is 9.18 Å². The van der Waals surface area contributed by atoms with Gasteiger partial charge in [-0.3, -0.25) is 0 Å². The fourth-order valence-corrected chi connectivity index (χ4v) is 3.16. The molecule has 1 saturated heterocycles. The number of nitriles is 1. The minimum Gasteiger partial charge on any atom is -0.484 e. The third-order valence-corrected chi connectivity index (χ3v) is 4.93. The highest BCUT2D eigenvalue weighted by atomic mass is 19.1. The molecule has 0 aliphatic carbocycles. The summed E-state index contributed by atoms with van der Waals surface area (Å²) >= 11 is 0. The molecule has 0 N–H and O–H groups in total. The molecule has 0 saturated carbocycles. The van der Waals surface area contributed by atoms with Gasteiger partial charge in [-0.25, -0.2) is 14.2 Å². The molecule has 0 radical (unpaired) electrons. The average Bonchev–Trinajstić information content (AvgIpc) is 2.79. The van der Waals surface area contributed by atoms with Crippen molar-refractivity contribution in [2.45, 2.75) is 45.3 Å². The van der Waals surface area contributed by atoms with Gasteiger partial charge < -0.3 is 19.1 Å². The molecule has 0 spiro atoms. The van der Waals surface area contributed by atoms with Crippen LogP contribution in [0.15, 0.2) is 36.4 Å². The molecule has 31 heavy (non-hydrogen) atoms. The molecule has 1 amide bonds. The van der Waals surface area contributed by atoms with Crippen molar-refractivity contribution in [1.82, 2.24) is 9.88 Å². The summed E-state index contributed by atoms with van der Waals surface area (Å²) in [5.74, 6) is -0.0675. The monoisotopic (exact) mass is 427 g/mol. The minimum absolute atomic E-state index is 0.0423. The number of rotatable bonds is 8. The number of ether oxygens (including phenoxy) is 3. The zero-order valence-electron chi connectivity index (χ0n) is 17.6. The van der Waals surface area contributed by atoms with Crippen molar-refractivity contribution in [3.63, 3.8) is 0 Å². The van der Waals surface area contributed by atoms with E-state index in [1.807, 2.05) is 6.07 Å². The summed E-state index contributed by atoms with van der Waals surface area (Å²) in [6, 6.07) is 11.3. The van der Waals surface area contributed by atoms with Crippen LogP contribution in [0.3, 0.4) is 0 Å². The molecule has 164 valence electrons. The predicted molar refractivity (Wildman–Crippen MR) is 111 cm³/mol. The Morgan fingerprint density at radius 3 is 2.81 bits per heavy atom. The van der Waals surface area contributed by atoms with E-state index >= 15 is 0 Å². The van der Waals surface area contributed by atoms with Crippen LogP contribution in [0, 0.1) is 17.1 Å². The summed E-state index contributed by atoms with van der Waals surface area (Å²) in [4.78, 5) is 18.2. The number of piperidine rings is 1. The number of unbranched alkanes of at least 4 members (excludes halogenated alkanes) is 1. The zero-order valence-corrected chi connectivity index (χ0v) is 17.6. The second kappa shape index (κ2) is 11.2. The standard InChI is InChI=1S/C23H26FN3O4/c1-2-3-13-29-23(28)27-11-9-19(10-12-27)31-22-6-4-5-18(26-22)16-30-21-8-7-17(15-25)14-20(21)24/h4-8,14,19H,2-3,9-13,16H2,1H3. The number of carbonyl (C=O) groups excluding carboxylic acids is 1. The summed E-state index contributed by atoms with van der Waals surface area (Å²) in [6.07, 6.45) is 2.94. The maximum Gasteiger partial charge on any atom is 0.409 e. The summed E-state index contributed by atoms with van der Waals surface area (Å²) < 4.78 is 30.7. The Kier molecular flexibility index (Phi) is 8.05. The molecule has 0 unspecified atom stereocenters. The van der Waals surface area contributed by atoms with E-state index in [1.54, 1.807) is 23.1 Å². The van der Waals surface area contributed by atoms with E-state index in [-0.39, 0.29) is 30.1 Å². The first kappa shape index (κ1) is 22.3. The van der Waals surface area contributed by atoms with Crippen LogP contribution in [0.25, 0.3) is 0 Å². The van der Waals surface area contributed by atoms with Crippen LogP contribution < -0.4 is 9.47 Å². The van der Waals surface area contributed by atoms with Gasteiger partial charge >= 0.3 is 6.09 Å². The molecule has 1 aliphatic rings. The summed E-state index contributed by atoms with van der Waals surface area (Å²) in [7, 11) is 0. The number of carbonyl (C=O) groups is 1. The van der Waals surface area contributed by atoms with E-state index in [1.165, 1.54) is 12.1 Å². The lowest BCUT2D eigenvalue weighted by Crippen LogP contribution is -2.42. The highest BCUT2D eigenvalue weighted by Crippen LogP contribution is 2.21. The van der Waals surface area contributed by atoms with Crippen LogP contribution in [0.1, 0.15) is 43.9 Å². The van der Waals surface area contributed by atoms with Gasteiger partial charge in [-0.05, 0) is 30.7 Å². The normalized spacial score (nSPS) is 14.0. The highest BCUT2D eigenvalue weighted by molar-refractivity contribution is 5.67. The van der Waals surface area contributed by atoms with Crippen molar-refractivity contribution in [3.8, 4) is 17.7 Å². The molecule has 1 fully saturated rings. The average molecular weight is 427 g/mol. The first-order chi connectivity index (χ1) is 15.1. The Balaban J connectivity index is 1.48. The van der Waals surface area contributed by atoms with Crippen molar-refractivity contribution in [2.75, 3.05) is 19.7 Å². The summed E-state index contributed by atoms with van der Waals surface area (Å²) in [6.45, 7) is 3.74. The molecule has 1 aromatic heterocycles. The van der Waals surface area contributed by atoms with E-state index in [0.29, 0.717) is 44.1 Å². The number of aromatic nitrogens is 1. The maximum absolute atomic E-state index is 13.9. The zero-order chi connectivity index (χ0) is 22.1. The molecule has 0 atom stereocenters. The van der Waals surface area contributed by atoms with Crippen molar-refractivity contribution < 1.29 is 23.4 Å². The first-order valence-corrected chi connectivity index (χ1v) is 10.5. The van der Waals surface area contributed by atoms with E-state index in [0.717, 1.165) is 18.9 Å².